The lowest BCUT2D eigenvalue weighted by Gasteiger charge is -1.97. The Morgan fingerprint density at radius 1 is 1.42 bits per heavy atom. The Bertz CT molecular complexity index is 238. The van der Waals surface area contributed by atoms with Gasteiger partial charge in [-0.2, -0.15) is 0 Å². The molecule has 3 N–H and O–H groups in total. The lowest BCUT2D eigenvalue weighted by Crippen LogP contribution is -1.92. The summed E-state index contributed by atoms with van der Waals surface area (Å²) >= 11 is 0. The zero-order chi connectivity index (χ0) is 9.56. The summed E-state index contributed by atoms with van der Waals surface area (Å²) in [6.45, 7) is 3.89. The highest BCUT2D eigenvalue weighted by Crippen LogP contribution is 2.11. The SMILES string of the molecule is CC.Nc1cc(CO)ccc1F. The fraction of sp³-hybridized carbons (Fsp3) is 0.333. The molecule has 0 aromatic heterocycles. The van der Waals surface area contributed by atoms with Crippen LogP contribution in [-0.2, 0) is 6.61 Å². The van der Waals surface area contributed by atoms with Crippen molar-refractivity contribution in [3.05, 3.63) is 29.6 Å². The first-order valence-electron chi connectivity index (χ1n) is 3.89. The molecule has 12 heavy (non-hydrogen) atoms. The smallest absolute Gasteiger partial charge is 0.146 e. The number of aliphatic hydroxyl groups is 1. The number of hydrogen-bond donors (Lipinski definition) is 2. The minimum absolute atomic E-state index is 0.0755. The van der Waals surface area contributed by atoms with Gasteiger partial charge in [-0.15, -0.1) is 0 Å². The Hall–Kier alpha value is -1.09. The van der Waals surface area contributed by atoms with Crippen LogP contribution in [0.1, 0.15) is 19.4 Å². The number of nitrogens with two attached hydrogens (primary N) is 1. The summed E-state index contributed by atoms with van der Waals surface area (Å²) in [5.74, 6) is -0.447. The van der Waals surface area contributed by atoms with Crippen LogP contribution in [0, 0.1) is 5.82 Å². The predicted octanol–water partition coefficient (Wildman–Crippen LogP) is 1.93. The summed E-state index contributed by atoms with van der Waals surface area (Å²) in [6.07, 6.45) is 0. The molecular formula is C9H14FNO. The maximum Gasteiger partial charge on any atom is 0.146 e. The number of benzene rings is 1. The predicted molar refractivity (Wildman–Crippen MR) is 48.1 cm³/mol. The van der Waals surface area contributed by atoms with Crippen molar-refractivity contribution in [3.8, 4) is 0 Å². The Morgan fingerprint density at radius 2 is 2.00 bits per heavy atom. The van der Waals surface area contributed by atoms with Crippen LogP contribution in [0.15, 0.2) is 18.2 Å². The van der Waals surface area contributed by atoms with Crippen molar-refractivity contribution in [2.75, 3.05) is 5.73 Å². The fourth-order valence-electron chi connectivity index (χ4n) is 0.692. The third-order valence-corrected chi connectivity index (χ3v) is 1.24. The van der Waals surface area contributed by atoms with Gasteiger partial charge in [-0.3, -0.25) is 0 Å². The molecule has 0 heterocycles. The second-order valence-corrected chi connectivity index (χ2v) is 2.01. The van der Waals surface area contributed by atoms with E-state index in [0.29, 0.717) is 5.56 Å². The van der Waals surface area contributed by atoms with Crippen molar-refractivity contribution in [3.63, 3.8) is 0 Å². The molecule has 1 aromatic rings. The van der Waals surface area contributed by atoms with Crippen LogP contribution in [0.2, 0.25) is 0 Å². The van der Waals surface area contributed by atoms with E-state index in [4.69, 9.17) is 10.8 Å². The molecule has 1 rings (SSSR count). The highest BCUT2D eigenvalue weighted by atomic mass is 19.1. The third-order valence-electron chi connectivity index (χ3n) is 1.24. The van der Waals surface area contributed by atoms with E-state index in [1.54, 1.807) is 0 Å². The van der Waals surface area contributed by atoms with E-state index >= 15 is 0 Å². The molecule has 0 aliphatic heterocycles. The first-order chi connectivity index (χ1) is 5.74. The van der Waals surface area contributed by atoms with Crippen molar-refractivity contribution < 1.29 is 9.50 Å². The van der Waals surface area contributed by atoms with Gasteiger partial charge in [-0.1, -0.05) is 19.9 Å². The molecule has 68 valence electrons. The molecule has 3 heteroatoms. The quantitative estimate of drug-likeness (QED) is 0.634. The molecule has 0 fully saturated rings. The largest absolute Gasteiger partial charge is 0.396 e. The van der Waals surface area contributed by atoms with Gasteiger partial charge in [0.15, 0.2) is 0 Å². The molecule has 0 saturated heterocycles. The molecule has 2 nitrogen and oxygen atoms in total. The lowest BCUT2D eigenvalue weighted by molar-refractivity contribution is 0.282. The topological polar surface area (TPSA) is 46.2 Å². The van der Waals surface area contributed by atoms with Crippen molar-refractivity contribution in [2.24, 2.45) is 0 Å². The Kier molecular flexibility index (Phi) is 5.04. The zero-order valence-electron chi connectivity index (χ0n) is 7.34. The molecule has 0 aliphatic carbocycles. The van der Waals surface area contributed by atoms with Crippen LogP contribution >= 0.6 is 0 Å². The van der Waals surface area contributed by atoms with Crippen molar-refractivity contribution in [1.82, 2.24) is 0 Å². The molecule has 0 atom stereocenters. The summed E-state index contributed by atoms with van der Waals surface area (Å²) in [4.78, 5) is 0. The molecule has 0 saturated carbocycles. The standard InChI is InChI=1S/C7H8FNO.C2H6/c8-6-2-1-5(4-10)3-7(6)9;1-2/h1-3,10H,4,9H2;1-2H3. The molecule has 0 aliphatic rings. The highest BCUT2D eigenvalue weighted by molar-refractivity contribution is 5.42. The Labute approximate surface area is 71.8 Å². The first kappa shape index (κ1) is 10.9. The number of hydrogen-bond acceptors (Lipinski definition) is 2. The van der Waals surface area contributed by atoms with Gasteiger partial charge >= 0.3 is 0 Å². The van der Waals surface area contributed by atoms with E-state index in [9.17, 15) is 4.39 Å². The van der Waals surface area contributed by atoms with Gasteiger partial charge in [-0.25, -0.2) is 4.39 Å². The molecule has 0 radical (unpaired) electrons. The summed E-state index contributed by atoms with van der Waals surface area (Å²) in [6, 6.07) is 4.14. The van der Waals surface area contributed by atoms with Gasteiger partial charge < -0.3 is 10.8 Å². The average molecular weight is 171 g/mol. The lowest BCUT2D eigenvalue weighted by atomic mass is 10.2. The summed E-state index contributed by atoms with van der Waals surface area (Å²) in [5, 5.41) is 8.57. The maximum atomic E-state index is 12.4. The zero-order valence-corrected chi connectivity index (χ0v) is 7.34. The van der Waals surface area contributed by atoms with Gasteiger partial charge in [0.05, 0.1) is 12.3 Å². The highest BCUT2D eigenvalue weighted by Gasteiger charge is 1.96. The Morgan fingerprint density at radius 3 is 2.42 bits per heavy atom. The van der Waals surface area contributed by atoms with E-state index < -0.39 is 5.82 Å². The third kappa shape index (κ3) is 2.88. The van der Waals surface area contributed by atoms with E-state index in [1.165, 1.54) is 18.2 Å². The summed E-state index contributed by atoms with van der Waals surface area (Å²) in [7, 11) is 0. The molecule has 0 spiro atoms. The first-order valence-corrected chi connectivity index (χ1v) is 3.89. The molecule has 0 amide bonds. The number of halogens is 1. The van der Waals surface area contributed by atoms with Gasteiger partial charge in [0.2, 0.25) is 0 Å². The molecule has 0 bridgehead atoms. The minimum Gasteiger partial charge on any atom is -0.396 e. The minimum atomic E-state index is -0.447. The van der Waals surface area contributed by atoms with Crippen LogP contribution in [0.4, 0.5) is 10.1 Å². The summed E-state index contributed by atoms with van der Waals surface area (Å²) in [5.41, 5.74) is 5.91. The van der Waals surface area contributed by atoms with Gasteiger partial charge in [-0.05, 0) is 17.7 Å². The second-order valence-electron chi connectivity index (χ2n) is 2.01. The maximum absolute atomic E-state index is 12.4. The van der Waals surface area contributed by atoms with Crippen LogP contribution in [0.25, 0.3) is 0 Å². The average Bonchev–Trinajstić information content (AvgIpc) is 2.13. The number of anilines is 1. The normalized spacial score (nSPS) is 8.67. The fourth-order valence-corrected chi connectivity index (χ4v) is 0.692. The van der Waals surface area contributed by atoms with Crippen molar-refractivity contribution in [2.45, 2.75) is 20.5 Å². The van der Waals surface area contributed by atoms with Gasteiger partial charge in [0.1, 0.15) is 5.82 Å². The van der Waals surface area contributed by atoms with Crippen molar-refractivity contribution >= 4 is 5.69 Å². The Balaban J connectivity index is 0.000000561. The van der Waals surface area contributed by atoms with E-state index in [2.05, 4.69) is 0 Å². The van der Waals surface area contributed by atoms with Crippen molar-refractivity contribution in [1.29, 1.82) is 0 Å². The molecule has 1 aromatic carbocycles. The molecular weight excluding hydrogens is 157 g/mol. The van der Waals surface area contributed by atoms with Crippen LogP contribution in [0.3, 0.4) is 0 Å². The van der Waals surface area contributed by atoms with E-state index in [1.807, 2.05) is 13.8 Å². The summed E-state index contributed by atoms with van der Waals surface area (Å²) < 4.78 is 12.4. The van der Waals surface area contributed by atoms with Gasteiger partial charge in [0, 0.05) is 0 Å². The van der Waals surface area contributed by atoms with Crippen LogP contribution in [0.5, 0.6) is 0 Å². The van der Waals surface area contributed by atoms with E-state index in [-0.39, 0.29) is 12.3 Å². The van der Waals surface area contributed by atoms with Crippen LogP contribution in [-0.4, -0.2) is 5.11 Å². The van der Waals surface area contributed by atoms with Crippen LogP contribution < -0.4 is 5.73 Å². The number of nitrogen functional groups attached to an aromatic ring is 1. The molecule has 0 unspecified atom stereocenters. The number of rotatable bonds is 1. The van der Waals surface area contributed by atoms with Gasteiger partial charge in [0.25, 0.3) is 0 Å². The second kappa shape index (κ2) is 5.55. The number of aliphatic hydroxyl groups excluding tert-OH is 1. The monoisotopic (exact) mass is 171 g/mol. The van der Waals surface area contributed by atoms with E-state index in [0.717, 1.165) is 0 Å².